The Morgan fingerprint density at radius 1 is 1.00 bits per heavy atom. The minimum atomic E-state index is 0.481. The van der Waals surface area contributed by atoms with E-state index in [4.69, 9.17) is 10.5 Å². The number of nitrogens with zero attached hydrogens (tertiary/aromatic N) is 1. The molecule has 4 heteroatoms. The summed E-state index contributed by atoms with van der Waals surface area (Å²) in [5.41, 5.74) is 8.77. The van der Waals surface area contributed by atoms with Gasteiger partial charge in [0.25, 0.3) is 0 Å². The Labute approximate surface area is 128 Å². The molecular weight excluding hydrogens is 280 g/mol. The minimum absolute atomic E-state index is 0.481. The highest BCUT2D eigenvalue weighted by molar-refractivity contribution is 7.13. The molecule has 0 unspecified atom stereocenters. The van der Waals surface area contributed by atoms with Gasteiger partial charge in [-0.05, 0) is 29.8 Å². The minimum Gasteiger partial charge on any atom is -0.489 e. The molecule has 3 rings (SSSR count). The van der Waals surface area contributed by atoms with E-state index >= 15 is 0 Å². The van der Waals surface area contributed by atoms with Gasteiger partial charge in [-0.3, -0.25) is 0 Å². The van der Waals surface area contributed by atoms with Crippen molar-refractivity contribution >= 4 is 11.3 Å². The maximum absolute atomic E-state index is 5.77. The summed E-state index contributed by atoms with van der Waals surface area (Å²) >= 11 is 1.61. The number of aromatic nitrogens is 1. The molecule has 0 aliphatic carbocycles. The zero-order chi connectivity index (χ0) is 14.5. The first-order chi connectivity index (χ1) is 10.3. The van der Waals surface area contributed by atoms with Gasteiger partial charge in [0.1, 0.15) is 17.4 Å². The maximum Gasteiger partial charge on any atom is 0.123 e. The van der Waals surface area contributed by atoms with Crippen LogP contribution in [0.25, 0.3) is 10.6 Å². The molecule has 0 amide bonds. The van der Waals surface area contributed by atoms with Crippen LogP contribution in [0.4, 0.5) is 0 Å². The molecule has 2 N–H and O–H groups in total. The van der Waals surface area contributed by atoms with Crippen LogP contribution in [0.2, 0.25) is 0 Å². The van der Waals surface area contributed by atoms with Crippen molar-refractivity contribution in [1.82, 2.24) is 4.98 Å². The second-order valence-electron chi connectivity index (χ2n) is 4.65. The second kappa shape index (κ2) is 6.52. The van der Waals surface area contributed by atoms with E-state index in [2.05, 4.69) is 17.1 Å². The molecule has 0 atom stereocenters. The van der Waals surface area contributed by atoms with Crippen LogP contribution in [0.3, 0.4) is 0 Å². The largest absolute Gasteiger partial charge is 0.489 e. The summed E-state index contributed by atoms with van der Waals surface area (Å²) in [5, 5.41) is 2.99. The van der Waals surface area contributed by atoms with Crippen molar-refractivity contribution < 1.29 is 4.74 Å². The van der Waals surface area contributed by atoms with E-state index in [-0.39, 0.29) is 0 Å². The number of rotatable bonds is 5. The molecule has 0 spiro atoms. The van der Waals surface area contributed by atoms with Crippen LogP contribution in [0.1, 0.15) is 11.3 Å². The predicted molar refractivity (Wildman–Crippen MR) is 86.2 cm³/mol. The summed E-state index contributed by atoms with van der Waals surface area (Å²) in [6.07, 6.45) is 0. The zero-order valence-corrected chi connectivity index (χ0v) is 12.3. The third-order valence-electron chi connectivity index (χ3n) is 3.11. The van der Waals surface area contributed by atoms with Gasteiger partial charge in [-0.25, -0.2) is 4.98 Å². The molecule has 1 heterocycles. The van der Waals surface area contributed by atoms with Crippen LogP contribution < -0.4 is 10.5 Å². The molecule has 0 saturated carbocycles. The van der Waals surface area contributed by atoms with Crippen LogP contribution >= 0.6 is 11.3 Å². The molecule has 21 heavy (non-hydrogen) atoms. The van der Waals surface area contributed by atoms with Crippen molar-refractivity contribution in [2.75, 3.05) is 0 Å². The summed E-state index contributed by atoms with van der Waals surface area (Å²) in [7, 11) is 0. The van der Waals surface area contributed by atoms with Crippen LogP contribution in [0.5, 0.6) is 5.75 Å². The normalized spacial score (nSPS) is 10.5. The second-order valence-corrected chi connectivity index (χ2v) is 5.50. The van der Waals surface area contributed by atoms with Crippen LogP contribution in [0.15, 0.2) is 60.0 Å². The van der Waals surface area contributed by atoms with E-state index in [1.54, 1.807) is 11.3 Å². The fourth-order valence-corrected chi connectivity index (χ4v) is 2.81. The quantitative estimate of drug-likeness (QED) is 0.778. The zero-order valence-electron chi connectivity index (χ0n) is 11.5. The summed E-state index contributed by atoms with van der Waals surface area (Å²) in [4.78, 5) is 4.47. The van der Waals surface area contributed by atoms with Gasteiger partial charge in [0.15, 0.2) is 0 Å². The van der Waals surface area contributed by atoms with Gasteiger partial charge >= 0.3 is 0 Å². The predicted octanol–water partition coefficient (Wildman–Crippen LogP) is 3.85. The Hall–Kier alpha value is -2.17. The van der Waals surface area contributed by atoms with E-state index in [0.29, 0.717) is 13.2 Å². The lowest BCUT2D eigenvalue weighted by atomic mass is 10.2. The molecule has 0 radical (unpaired) electrons. The van der Waals surface area contributed by atoms with Gasteiger partial charge in [-0.15, -0.1) is 11.3 Å². The lowest BCUT2D eigenvalue weighted by Gasteiger charge is -2.06. The van der Waals surface area contributed by atoms with E-state index in [1.165, 1.54) is 0 Å². The lowest BCUT2D eigenvalue weighted by Crippen LogP contribution is -1.96. The van der Waals surface area contributed by atoms with Gasteiger partial charge in [0.2, 0.25) is 0 Å². The lowest BCUT2D eigenvalue weighted by molar-refractivity contribution is 0.306. The van der Waals surface area contributed by atoms with Gasteiger partial charge < -0.3 is 10.5 Å². The summed E-state index contributed by atoms with van der Waals surface area (Å²) in [6.45, 7) is 1.06. The number of ether oxygens (including phenoxy) is 1. The summed E-state index contributed by atoms with van der Waals surface area (Å²) in [5.74, 6) is 0.859. The van der Waals surface area contributed by atoms with Crippen LogP contribution in [-0.4, -0.2) is 4.98 Å². The van der Waals surface area contributed by atoms with E-state index in [1.807, 2.05) is 47.8 Å². The number of benzene rings is 2. The van der Waals surface area contributed by atoms with Crippen molar-refractivity contribution in [1.29, 1.82) is 0 Å². The molecule has 0 bridgehead atoms. The number of thiazole rings is 1. The maximum atomic E-state index is 5.77. The molecule has 3 aromatic rings. The molecule has 2 aromatic carbocycles. The third kappa shape index (κ3) is 3.48. The highest BCUT2D eigenvalue weighted by Crippen LogP contribution is 2.25. The Kier molecular flexibility index (Phi) is 4.28. The first kappa shape index (κ1) is 13.8. The average molecular weight is 296 g/mol. The number of nitrogens with two attached hydrogens (primary N) is 1. The highest BCUT2D eigenvalue weighted by atomic mass is 32.1. The molecular formula is C17H16N2OS. The van der Waals surface area contributed by atoms with Crippen molar-refractivity contribution in [3.05, 3.63) is 71.2 Å². The van der Waals surface area contributed by atoms with E-state index in [9.17, 15) is 0 Å². The molecule has 0 aliphatic heterocycles. The molecule has 1 aromatic heterocycles. The topological polar surface area (TPSA) is 48.1 Å². The number of hydrogen-bond donors (Lipinski definition) is 1. The average Bonchev–Trinajstić information content (AvgIpc) is 3.03. The Bertz CT molecular complexity index is 692. The molecule has 0 saturated heterocycles. The van der Waals surface area contributed by atoms with E-state index < -0.39 is 0 Å². The molecule has 106 valence electrons. The monoisotopic (exact) mass is 296 g/mol. The SMILES string of the molecule is NCc1csc(-c2ccc(OCc3ccccc3)cc2)n1. The first-order valence-electron chi connectivity index (χ1n) is 6.77. The standard InChI is InChI=1S/C17H16N2OS/c18-10-15-12-21-17(19-15)14-6-8-16(9-7-14)20-11-13-4-2-1-3-5-13/h1-9,12H,10-11,18H2. The van der Waals surface area contributed by atoms with Crippen molar-refractivity contribution in [3.63, 3.8) is 0 Å². The van der Waals surface area contributed by atoms with Crippen molar-refractivity contribution in [2.24, 2.45) is 5.73 Å². The number of hydrogen-bond acceptors (Lipinski definition) is 4. The fraction of sp³-hybridized carbons (Fsp3) is 0.118. The first-order valence-corrected chi connectivity index (χ1v) is 7.65. The molecule has 3 nitrogen and oxygen atoms in total. The Balaban J connectivity index is 1.66. The van der Waals surface area contributed by atoms with Gasteiger partial charge in [0.05, 0.1) is 5.69 Å². The molecule has 0 aliphatic rings. The van der Waals surface area contributed by atoms with Gasteiger partial charge in [-0.1, -0.05) is 30.3 Å². The fourth-order valence-electron chi connectivity index (χ4n) is 1.97. The summed E-state index contributed by atoms with van der Waals surface area (Å²) in [6, 6.07) is 18.1. The smallest absolute Gasteiger partial charge is 0.123 e. The van der Waals surface area contributed by atoms with Gasteiger partial charge in [-0.2, -0.15) is 0 Å². The van der Waals surface area contributed by atoms with Crippen molar-refractivity contribution in [3.8, 4) is 16.3 Å². The Morgan fingerprint density at radius 2 is 1.76 bits per heavy atom. The van der Waals surface area contributed by atoms with Crippen LogP contribution in [0, 0.1) is 0 Å². The van der Waals surface area contributed by atoms with Crippen LogP contribution in [-0.2, 0) is 13.2 Å². The molecule has 0 fully saturated rings. The van der Waals surface area contributed by atoms with Gasteiger partial charge in [0, 0.05) is 17.5 Å². The Morgan fingerprint density at radius 3 is 2.43 bits per heavy atom. The highest BCUT2D eigenvalue weighted by Gasteiger charge is 2.04. The van der Waals surface area contributed by atoms with Crippen molar-refractivity contribution in [2.45, 2.75) is 13.2 Å². The third-order valence-corrected chi connectivity index (χ3v) is 4.05. The van der Waals surface area contributed by atoms with E-state index in [0.717, 1.165) is 27.6 Å². The summed E-state index contributed by atoms with van der Waals surface area (Å²) < 4.78 is 5.77.